The van der Waals surface area contributed by atoms with E-state index in [-0.39, 0.29) is 30.0 Å². The molecular weight excluding hydrogens is 212 g/mol. The number of hydrogen-bond donors (Lipinski definition) is 0. The summed E-state index contributed by atoms with van der Waals surface area (Å²) in [5.41, 5.74) is 0. The highest BCUT2D eigenvalue weighted by molar-refractivity contribution is 6.40. The zero-order chi connectivity index (χ0) is 8.85. The summed E-state index contributed by atoms with van der Waals surface area (Å²) in [6.07, 6.45) is 0.532. The SMILES string of the molecule is ClCCl.O=C1CCC(=O)N1Cl. The summed E-state index contributed by atoms with van der Waals surface area (Å²) in [6, 6.07) is 0. The van der Waals surface area contributed by atoms with Gasteiger partial charge in [-0.1, -0.05) is 0 Å². The van der Waals surface area contributed by atoms with Crippen LogP contribution in [0.25, 0.3) is 0 Å². The van der Waals surface area contributed by atoms with Gasteiger partial charge in [-0.05, 0) is 0 Å². The minimum Gasteiger partial charge on any atom is -0.273 e. The molecule has 0 aromatic carbocycles. The van der Waals surface area contributed by atoms with E-state index >= 15 is 0 Å². The first-order chi connectivity index (χ1) is 5.13. The first-order valence-corrected chi connectivity index (χ1v) is 4.17. The Morgan fingerprint density at radius 2 is 1.45 bits per heavy atom. The third-order valence-electron chi connectivity index (χ3n) is 0.991. The van der Waals surface area contributed by atoms with Gasteiger partial charge in [-0.25, -0.2) is 0 Å². The van der Waals surface area contributed by atoms with Gasteiger partial charge < -0.3 is 0 Å². The highest BCUT2D eigenvalue weighted by Gasteiger charge is 2.26. The van der Waals surface area contributed by atoms with Gasteiger partial charge in [-0.3, -0.25) is 9.59 Å². The Kier molecular flexibility index (Phi) is 5.64. The van der Waals surface area contributed by atoms with Gasteiger partial charge in [-0.2, -0.15) is 4.42 Å². The Morgan fingerprint density at radius 3 is 1.55 bits per heavy atom. The average molecular weight is 218 g/mol. The molecule has 64 valence electrons. The smallest absolute Gasteiger partial charge is 0.244 e. The number of imide groups is 1. The Balaban J connectivity index is 0.000000292. The van der Waals surface area contributed by atoms with E-state index in [1.807, 2.05) is 0 Å². The predicted octanol–water partition coefficient (Wildman–Crippen LogP) is 1.71. The third kappa shape index (κ3) is 3.79. The van der Waals surface area contributed by atoms with Gasteiger partial charge in [0.2, 0.25) is 11.8 Å². The summed E-state index contributed by atoms with van der Waals surface area (Å²) in [6.45, 7) is 0. The first kappa shape index (κ1) is 11.0. The van der Waals surface area contributed by atoms with Crippen molar-refractivity contribution in [2.24, 2.45) is 0 Å². The lowest BCUT2D eigenvalue weighted by Gasteiger charge is -1.96. The monoisotopic (exact) mass is 217 g/mol. The summed E-state index contributed by atoms with van der Waals surface area (Å²) in [7, 11) is 0. The maximum atomic E-state index is 10.4. The number of alkyl halides is 2. The van der Waals surface area contributed by atoms with Crippen molar-refractivity contribution in [2.45, 2.75) is 12.8 Å². The van der Waals surface area contributed by atoms with Gasteiger partial charge in [0.15, 0.2) is 0 Å². The molecule has 0 N–H and O–H groups in total. The second kappa shape index (κ2) is 5.63. The van der Waals surface area contributed by atoms with Crippen LogP contribution in [-0.4, -0.2) is 21.6 Å². The molecule has 1 saturated heterocycles. The molecule has 1 fully saturated rings. The standard InChI is InChI=1S/C4H4ClNO2.CH2Cl2/c5-6-3(7)1-2-4(6)8;2-1-3/h1-2H2;1H2. The van der Waals surface area contributed by atoms with E-state index in [0.29, 0.717) is 4.42 Å². The topological polar surface area (TPSA) is 37.4 Å². The zero-order valence-corrected chi connectivity index (χ0v) is 7.79. The summed E-state index contributed by atoms with van der Waals surface area (Å²) in [5.74, 6) is -0.590. The van der Waals surface area contributed by atoms with E-state index in [0.717, 1.165) is 0 Å². The van der Waals surface area contributed by atoms with E-state index in [2.05, 4.69) is 0 Å². The minimum absolute atomic E-state index is 0.194. The maximum Gasteiger partial charge on any atom is 0.244 e. The minimum atomic E-state index is -0.295. The fourth-order valence-corrected chi connectivity index (χ4v) is 0.718. The molecule has 0 aromatic rings. The highest BCUT2D eigenvalue weighted by atomic mass is 35.5. The van der Waals surface area contributed by atoms with Crippen molar-refractivity contribution < 1.29 is 9.59 Å². The molecule has 6 heteroatoms. The summed E-state index contributed by atoms with van der Waals surface area (Å²) in [5, 5.41) is 0.194. The van der Waals surface area contributed by atoms with Gasteiger partial charge in [0.25, 0.3) is 0 Å². The van der Waals surface area contributed by atoms with E-state index in [9.17, 15) is 9.59 Å². The molecular formula is C5H6Cl3NO2. The summed E-state index contributed by atoms with van der Waals surface area (Å²) in [4.78, 5) is 20.7. The van der Waals surface area contributed by atoms with E-state index in [1.165, 1.54) is 0 Å². The second-order valence-electron chi connectivity index (χ2n) is 1.67. The van der Waals surface area contributed by atoms with Crippen molar-refractivity contribution in [1.82, 2.24) is 4.42 Å². The number of carbonyl (C=O) groups is 2. The van der Waals surface area contributed by atoms with E-state index < -0.39 is 0 Å². The molecule has 0 saturated carbocycles. The molecule has 0 radical (unpaired) electrons. The Labute approximate surface area is 79.3 Å². The van der Waals surface area contributed by atoms with Crippen LogP contribution in [0.15, 0.2) is 0 Å². The van der Waals surface area contributed by atoms with Crippen LogP contribution in [0.5, 0.6) is 0 Å². The quantitative estimate of drug-likeness (QED) is 0.353. The van der Waals surface area contributed by atoms with E-state index in [1.54, 1.807) is 0 Å². The number of halogens is 3. The fraction of sp³-hybridized carbons (Fsp3) is 0.600. The van der Waals surface area contributed by atoms with Gasteiger partial charge in [0.1, 0.15) is 0 Å². The Bertz CT molecular complexity index is 146. The fourth-order valence-electron chi connectivity index (χ4n) is 0.549. The Morgan fingerprint density at radius 1 is 1.18 bits per heavy atom. The highest BCUT2D eigenvalue weighted by Crippen LogP contribution is 2.12. The van der Waals surface area contributed by atoms with Crippen LogP contribution in [0.2, 0.25) is 0 Å². The molecule has 1 aliphatic heterocycles. The van der Waals surface area contributed by atoms with Crippen LogP contribution in [0, 0.1) is 0 Å². The molecule has 1 aliphatic rings. The lowest BCUT2D eigenvalue weighted by Crippen LogP contribution is -2.16. The molecule has 0 unspecified atom stereocenters. The lowest BCUT2D eigenvalue weighted by atomic mass is 10.4. The largest absolute Gasteiger partial charge is 0.273 e. The molecule has 11 heavy (non-hydrogen) atoms. The predicted molar refractivity (Wildman–Crippen MR) is 43.5 cm³/mol. The van der Waals surface area contributed by atoms with Gasteiger partial charge in [0.05, 0.1) is 5.34 Å². The maximum absolute atomic E-state index is 10.4. The van der Waals surface area contributed by atoms with Crippen molar-refractivity contribution in [3.8, 4) is 0 Å². The number of hydrogen-bond acceptors (Lipinski definition) is 2. The van der Waals surface area contributed by atoms with Gasteiger partial charge in [0, 0.05) is 24.6 Å². The molecule has 3 nitrogen and oxygen atoms in total. The zero-order valence-electron chi connectivity index (χ0n) is 5.52. The van der Waals surface area contributed by atoms with Crippen molar-refractivity contribution in [3.63, 3.8) is 0 Å². The van der Waals surface area contributed by atoms with Crippen LogP contribution in [0.3, 0.4) is 0 Å². The second-order valence-corrected chi connectivity index (χ2v) is 2.82. The molecule has 1 rings (SSSR count). The Hall–Kier alpha value is 0.01000. The molecule has 2 amide bonds. The van der Waals surface area contributed by atoms with Crippen LogP contribution in [0.1, 0.15) is 12.8 Å². The molecule has 0 spiro atoms. The first-order valence-electron chi connectivity index (χ1n) is 2.77. The van der Waals surface area contributed by atoms with E-state index in [4.69, 9.17) is 35.0 Å². The van der Waals surface area contributed by atoms with Crippen molar-refractivity contribution >= 4 is 46.8 Å². The van der Waals surface area contributed by atoms with Crippen LogP contribution < -0.4 is 0 Å². The van der Waals surface area contributed by atoms with Gasteiger partial charge in [-0.15, -0.1) is 23.2 Å². The summed E-state index contributed by atoms with van der Waals surface area (Å²) < 4.78 is 0.639. The molecule has 0 aliphatic carbocycles. The average Bonchev–Trinajstić information content (AvgIpc) is 2.22. The normalized spacial score (nSPS) is 16.5. The molecule has 0 bridgehead atoms. The molecule has 0 atom stereocenters. The lowest BCUT2D eigenvalue weighted by molar-refractivity contribution is -0.132. The van der Waals surface area contributed by atoms with Crippen molar-refractivity contribution in [2.75, 3.05) is 5.34 Å². The number of rotatable bonds is 0. The number of carbonyl (C=O) groups excluding carboxylic acids is 2. The molecule has 0 aromatic heterocycles. The van der Waals surface area contributed by atoms with Crippen molar-refractivity contribution in [1.29, 1.82) is 0 Å². The third-order valence-corrected chi connectivity index (χ3v) is 1.37. The molecule has 1 heterocycles. The van der Waals surface area contributed by atoms with Gasteiger partial charge >= 0.3 is 0 Å². The van der Waals surface area contributed by atoms with Crippen LogP contribution in [0.4, 0.5) is 0 Å². The van der Waals surface area contributed by atoms with Crippen LogP contribution in [-0.2, 0) is 9.59 Å². The van der Waals surface area contributed by atoms with Crippen molar-refractivity contribution in [3.05, 3.63) is 0 Å². The number of nitrogens with zero attached hydrogens (tertiary/aromatic N) is 1. The summed E-state index contributed by atoms with van der Waals surface area (Å²) >= 11 is 14.7. The van der Waals surface area contributed by atoms with Crippen LogP contribution >= 0.6 is 35.0 Å². The number of amides is 2.